The number of nitrogens with zero attached hydrogens (tertiary/aromatic N) is 1. The molecule has 1 fully saturated rings. The molecule has 4 nitrogen and oxygen atoms in total. The van der Waals surface area contributed by atoms with Gasteiger partial charge in [0, 0.05) is 38.3 Å². The lowest BCUT2D eigenvalue weighted by Crippen LogP contribution is -2.44. The summed E-state index contributed by atoms with van der Waals surface area (Å²) in [6.07, 6.45) is 1.01. The van der Waals surface area contributed by atoms with E-state index < -0.39 is 0 Å². The minimum atomic E-state index is 0. The van der Waals surface area contributed by atoms with Gasteiger partial charge >= 0.3 is 0 Å². The fraction of sp³-hybridized carbons (Fsp3) is 0.562. The number of hydrogen-bond acceptors (Lipinski definition) is 3. The van der Waals surface area contributed by atoms with Crippen molar-refractivity contribution in [3.8, 4) is 0 Å². The Hall–Kier alpha value is -1.10. The molecule has 5 heteroatoms. The van der Waals surface area contributed by atoms with Crippen molar-refractivity contribution in [3.05, 3.63) is 34.9 Å². The van der Waals surface area contributed by atoms with Crippen molar-refractivity contribution in [2.75, 3.05) is 39.3 Å². The second kappa shape index (κ2) is 9.03. The zero-order chi connectivity index (χ0) is 14.4. The number of hydrogen-bond donors (Lipinski definition) is 2. The molecule has 21 heavy (non-hydrogen) atoms. The average molecular weight is 312 g/mol. The van der Waals surface area contributed by atoms with Gasteiger partial charge in [-0.25, -0.2) is 0 Å². The highest BCUT2D eigenvalue weighted by atomic mass is 35.5. The summed E-state index contributed by atoms with van der Waals surface area (Å²) in [5, 5.41) is 6.37. The first kappa shape index (κ1) is 18.0. The lowest BCUT2D eigenvalue weighted by atomic mass is 10.0. The van der Waals surface area contributed by atoms with Crippen molar-refractivity contribution in [3.63, 3.8) is 0 Å². The quantitative estimate of drug-likeness (QED) is 0.814. The molecule has 0 atom stereocenters. The molecule has 1 saturated heterocycles. The minimum absolute atomic E-state index is 0. The van der Waals surface area contributed by atoms with E-state index in [4.69, 9.17) is 0 Å². The van der Waals surface area contributed by atoms with Crippen molar-refractivity contribution in [1.29, 1.82) is 0 Å². The second-order valence-electron chi connectivity index (χ2n) is 5.45. The van der Waals surface area contributed by atoms with Gasteiger partial charge in [0.2, 0.25) is 0 Å². The molecule has 0 radical (unpaired) electrons. The van der Waals surface area contributed by atoms with Gasteiger partial charge in [0.05, 0.1) is 0 Å². The van der Waals surface area contributed by atoms with Crippen LogP contribution in [-0.2, 0) is 0 Å². The summed E-state index contributed by atoms with van der Waals surface area (Å²) in [6, 6.07) is 5.88. The van der Waals surface area contributed by atoms with Crippen molar-refractivity contribution < 1.29 is 4.79 Å². The maximum Gasteiger partial charge on any atom is 0.251 e. The highest BCUT2D eigenvalue weighted by Gasteiger charge is 2.11. The predicted molar refractivity (Wildman–Crippen MR) is 89.4 cm³/mol. The number of carbonyl (C=O) groups excluding carboxylic acids is 1. The monoisotopic (exact) mass is 311 g/mol. The molecule has 0 spiro atoms. The molecular weight excluding hydrogens is 286 g/mol. The molecule has 2 rings (SSSR count). The Morgan fingerprint density at radius 1 is 1.29 bits per heavy atom. The molecule has 1 aromatic rings. The van der Waals surface area contributed by atoms with Crippen LogP contribution in [0.3, 0.4) is 0 Å². The van der Waals surface area contributed by atoms with Crippen LogP contribution < -0.4 is 10.6 Å². The minimum Gasteiger partial charge on any atom is -0.352 e. The third-order valence-electron chi connectivity index (χ3n) is 4.00. The molecular formula is C16H26ClN3O. The van der Waals surface area contributed by atoms with Gasteiger partial charge in [0.15, 0.2) is 0 Å². The Morgan fingerprint density at radius 3 is 2.71 bits per heavy atom. The van der Waals surface area contributed by atoms with E-state index in [1.165, 1.54) is 5.56 Å². The van der Waals surface area contributed by atoms with Crippen molar-refractivity contribution in [2.24, 2.45) is 0 Å². The van der Waals surface area contributed by atoms with E-state index >= 15 is 0 Å². The zero-order valence-electron chi connectivity index (χ0n) is 12.9. The first-order chi connectivity index (χ1) is 9.68. The maximum atomic E-state index is 12.1. The van der Waals surface area contributed by atoms with E-state index in [1.807, 2.05) is 32.0 Å². The van der Waals surface area contributed by atoms with E-state index in [9.17, 15) is 4.79 Å². The van der Waals surface area contributed by atoms with Gasteiger partial charge < -0.3 is 15.5 Å². The van der Waals surface area contributed by atoms with Crippen LogP contribution in [0.2, 0.25) is 0 Å². The molecule has 1 amide bonds. The van der Waals surface area contributed by atoms with Gasteiger partial charge in [-0.15, -0.1) is 12.4 Å². The Balaban J connectivity index is 0.00000220. The van der Waals surface area contributed by atoms with E-state index in [0.29, 0.717) is 0 Å². The molecule has 0 aliphatic carbocycles. The molecule has 1 aromatic carbocycles. The van der Waals surface area contributed by atoms with E-state index in [1.54, 1.807) is 0 Å². The average Bonchev–Trinajstić information content (AvgIpc) is 2.47. The number of nitrogens with one attached hydrogen (secondary N) is 2. The predicted octanol–water partition coefficient (Wildman–Crippen LogP) is 1.75. The van der Waals surface area contributed by atoms with Gasteiger partial charge in [-0.1, -0.05) is 12.1 Å². The maximum absolute atomic E-state index is 12.1. The zero-order valence-corrected chi connectivity index (χ0v) is 13.8. The third-order valence-corrected chi connectivity index (χ3v) is 4.00. The second-order valence-corrected chi connectivity index (χ2v) is 5.45. The molecule has 1 heterocycles. The molecule has 0 bridgehead atoms. The van der Waals surface area contributed by atoms with Crippen LogP contribution in [0.5, 0.6) is 0 Å². The lowest BCUT2D eigenvalue weighted by molar-refractivity contribution is 0.0950. The summed E-state index contributed by atoms with van der Waals surface area (Å²) in [6.45, 7) is 10.2. The SMILES string of the molecule is Cc1cccc(C(=O)NCCCN2CCNCC2)c1C.Cl. The van der Waals surface area contributed by atoms with Gasteiger partial charge in [-0.05, 0) is 44.0 Å². The normalized spacial score (nSPS) is 15.3. The molecule has 2 N–H and O–H groups in total. The molecule has 118 valence electrons. The number of carbonyl (C=O) groups is 1. The molecule has 0 aromatic heterocycles. The van der Waals surface area contributed by atoms with Gasteiger partial charge in [-0.2, -0.15) is 0 Å². The fourth-order valence-corrected chi connectivity index (χ4v) is 2.53. The molecule has 0 saturated carbocycles. The number of amides is 1. The molecule has 1 aliphatic heterocycles. The Labute approximate surface area is 133 Å². The van der Waals surface area contributed by atoms with Gasteiger partial charge in [0.1, 0.15) is 0 Å². The number of benzene rings is 1. The summed E-state index contributed by atoms with van der Waals surface area (Å²) in [4.78, 5) is 14.6. The molecule has 0 unspecified atom stereocenters. The van der Waals surface area contributed by atoms with E-state index in [0.717, 1.165) is 56.8 Å². The summed E-state index contributed by atoms with van der Waals surface area (Å²) in [7, 11) is 0. The van der Waals surface area contributed by atoms with Crippen LogP contribution in [0.1, 0.15) is 27.9 Å². The summed E-state index contributed by atoms with van der Waals surface area (Å²) < 4.78 is 0. The third kappa shape index (κ3) is 5.30. The van der Waals surface area contributed by atoms with Gasteiger partial charge in [-0.3, -0.25) is 4.79 Å². The first-order valence-electron chi connectivity index (χ1n) is 7.46. The smallest absolute Gasteiger partial charge is 0.251 e. The van der Waals surface area contributed by atoms with Crippen molar-refractivity contribution in [1.82, 2.24) is 15.5 Å². The van der Waals surface area contributed by atoms with Crippen molar-refractivity contribution >= 4 is 18.3 Å². The van der Waals surface area contributed by atoms with Crippen LogP contribution in [0, 0.1) is 13.8 Å². The van der Waals surface area contributed by atoms with E-state index in [2.05, 4.69) is 15.5 Å². The number of piperazine rings is 1. The highest BCUT2D eigenvalue weighted by Crippen LogP contribution is 2.12. The standard InChI is InChI=1S/C16H25N3O.ClH/c1-13-5-3-6-15(14(13)2)16(20)18-7-4-10-19-11-8-17-9-12-19;/h3,5-6,17H,4,7-12H2,1-2H3,(H,18,20);1H. The summed E-state index contributed by atoms with van der Waals surface area (Å²) in [5.74, 6) is 0.0477. The summed E-state index contributed by atoms with van der Waals surface area (Å²) in [5.41, 5.74) is 3.04. The van der Waals surface area contributed by atoms with Crippen LogP contribution in [0.15, 0.2) is 18.2 Å². The Kier molecular flexibility index (Phi) is 7.72. The van der Waals surface area contributed by atoms with E-state index in [-0.39, 0.29) is 18.3 Å². The largest absolute Gasteiger partial charge is 0.352 e. The Bertz CT molecular complexity index is 459. The molecule has 1 aliphatic rings. The van der Waals surface area contributed by atoms with Crippen LogP contribution in [0.4, 0.5) is 0 Å². The van der Waals surface area contributed by atoms with Crippen LogP contribution in [0.25, 0.3) is 0 Å². The fourth-order valence-electron chi connectivity index (χ4n) is 2.53. The van der Waals surface area contributed by atoms with Crippen molar-refractivity contribution in [2.45, 2.75) is 20.3 Å². The topological polar surface area (TPSA) is 44.4 Å². The Morgan fingerprint density at radius 2 is 2.00 bits per heavy atom. The summed E-state index contributed by atoms with van der Waals surface area (Å²) >= 11 is 0. The lowest BCUT2D eigenvalue weighted by Gasteiger charge is -2.27. The van der Waals surface area contributed by atoms with Gasteiger partial charge in [0.25, 0.3) is 5.91 Å². The number of rotatable bonds is 5. The number of aryl methyl sites for hydroxylation is 1. The van der Waals surface area contributed by atoms with Crippen LogP contribution in [-0.4, -0.2) is 50.1 Å². The number of halogens is 1. The highest BCUT2D eigenvalue weighted by molar-refractivity contribution is 5.95. The first-order valence-corrected chi connectivity index (χ1v) is 7.46. The van der Waals surface area contributed by atoms with Crippen LogP contribution >= 0.6 is 12.4 Å².